The van der Waals surface area contributed by atoms with Gasteiger partial charge in [0.2, 0.25) is 0 Å². The predicted octanol–water partition coefficient (Wildman–Crippen LogP) is 6.07. The van der Waals surface area contributed by atoms with Gasteiger partial charge >= 0.3 is 0 Å². The van der Waals surface area contributed by atoms with Crippen LogP contribution < -0.4 is 10.1 Å². The average Bonchev–Trinajstić information content (AvgIpc) is 2.46. The van der Waals surface area contributed by atoms with Crippen molar-refractivity contribution in [2.75, 3.05) is 5.32 Å². The summed E-state index contributed by atoms with van der Waals surface area (Å²) in [5, 5.41) is 4.35. The third kappa shape index (κ3) is 2.24. The molecule has 0 fully saturated rings. The fraction of sp³-hybridized carbons (Fsp3) is 0.300. The van der Waals surface area contributed by atoms with Crippen LogP contribution in [0.15, 0.2) is 36.4 Å². The van der Waals surface area contributed by atoms with Gasteiger partial charge in [-0.15, -0.1) is 0 Å². The summed E-state index contributed by atoms with van der Waals surface area (Å²) in [5.41, 5.74) is 7.23. The Kier molecular flexibility index (Phi) is 3.05. The second-order valence-corrected chi connectivity index (χ2v) is 7.46. The zero-order chi connectivity index (χ0) is 16.4. The predicted molar refractivity (Wildman–Crippen MR) is 97.3 cm³/mol. The van der Waals surface area contributed by atoms with E-state index in [1.807, 2.05) is 18.2 Å². The normalized spacial score (nSPS) is 20.4. The van der Waals surface area contributed by atoms with Gasteiger partial charge in [-0.05, 0) is 63.1 Å². The fourth-order valence-corrected chi connectivity index (χ4v) is 4.04. The van der Waals surface area contributed by atoms with Crippen LogP contribution in [-0.2, 0) is 0 Å². The Hall–Kier alpha value is -1.93. The minimum Gasteiger partial charge on any atom is -0.485 e. The summed E-state index contributed by atoms with van der Waals surface area (Å²) in [6.45, 7) is 8.67. The number of benzene rings is 2. The molecule has 2 aliphatic heterocycles. The van der Waals surface area contributed by atoms with Crippen LogP contribution in [0.25, 0.3) is 16.7 Å². The largest absolute Gasteiger partial charge is 0.485 e. The molecule has 2 aromatic carbocycles. The molecule has 1 N–H and O–H groups in total. The van der Waals surface area contributed by atoms with Crippen LogP contribution in [0, 0.1) is 0 Å². The molecule has 3 heteroatoms. The van der Waals surface area contributed by atoms with Crippen molar-refractivity contribution in [2.24, 2.45) is 0 Å². The molecule has 2 heterocycles. The van der Waals surface area contributed by atoms with Gasteiger partial charge in [0.05, 0.1) is 5.54 Å². The lowest BCUT2D eigenvalue weighted by Gasteiger charge is -2.36. The first-order chi connectivity index (χ1) is 10.9. The van der Waals surface area contributed by atoms with Gasteiger partial charge in [0.25, 0.3) is 0 Å². The lowest BCUT2D eigenvalue weighted by atomic mass is 9.82. The maximum Gasteiger partial charge on any atom is 0.128 e. The number of hydrogen-bond donors (Lipinski definition) is 1. The molecule has 4 rings (SSSR count). The van der Waals surface area contributed by atoms with Crippen molar-refractivity contribution in [3.05, 3.63) is 52.6 Å². The topological polar surface area (TPSA) is 21.3 Å². The van der Waals surface area contributed by atoms with E-state index in [9.17, 15) is 0 Å². The first-order valence-corrected chi connectivity index (χ1v) is 8.35. The van der Waals surface area contributed by atoms with Crippen LogP contribution in [0.1, 0.15) is 44.9 Å². The monoisotopic (exact) mass is 325 g/mol. The van der Waals surface area contributed by atoms with Crippen molar-refractivity contribution >= 4 is 22.9 Å². The molecule has 0 aliphatic carbocycles. The highest BCUT2D eigenvalue weighted by molar-refractivity contribution is 6.31. The Balaban J connectivity index is 2.01. The number of allylic oxidation sites excluding steroid dienone is 1. The fourth-order valence-electron chi connectivity index (χ4n) is 3.87. The van der Waals surface area contributed by atoms with E-state index in [0.717, 1.165) is 16.3 Å². The first kappa shape index (κ1) is 14.6. The summed E-state index contributed by atoms with van der Waals surface area (Å²) in [5.74, 6) is 0.903. The van der Waals surface area contributed by atoms with Gasteiger partial charge in [0.1, 0.15) is 11.9 Å². The van der Waals surface area contributed by atoms with Crippen molar-refractivity contribution in [1.82, 2.24) is 0 Å². The summed E-state index contributed by atoms with van der Waals surface area (Å²) in [7, 11) is 0. The molecular weight excluding hydrogens is 306 g/mol. The molecule has 2 aromatic rings. The van der Waals surface area contributed by atoms with Crippen LogP contribution >= 0.6 is 11.6 Å². The van der Waals surface area contributed by atoms with Crippen LogP contribution in [-0.4, -0.2) is 5.54 Å². The second-order valence-electron chi connectivity index (χ2n) is 7.02. The molecule has 0 amide bonds. The third-order valence-corrected chi connectivity index (χ3v) is 4.85. The molecule has 0 spiro atoms. The van der Waals surface area contributed by atoms with Gasteiger partial charge in [0.15, 0.2) is 0 Å². The van der Waals surface area contributed by atoms with Gasteiger partial charge in [-0.25, -0.2) is 0 Å². The third-order valence-electron chi connectivity index (χ3n) is 4.62. The smallest absolute Gasteiger partial charge is 0.128 e. The standard InChI is InChI=1S/C20H20ClNO/c1-11-10-20(3,4)22-16-7-6-14-15-9-13(21)5-8-17(15)23-12(2)19(14)18(11)16/h5-10,12,22H,1-4H3. The number of halogens is 1. The molecule has 0 radical (unpaired) electrons. The number of hydrogen-bond acceptors (Lipinski definition) is 2. The Morgan fingerprint density at radius 1 is 1.13 bits per heavy atom. The van der Waals surface area contributed by atoms with E-state index in [2.05, 4.69) is 51.2 Å². The molecule has 2 nitrogen and oxygen atoms in total. The molecule has 2 aliphatic rings. The highest BCUT2D eigenvalue weighted by atomic mass is 35.5. The molecule has 0 saturated heterocycles. The van der Waals surface area contributed by atoms with Gasteiger partial charge in [-0.2, -0.15) is 0 Å². The Bertz CT molecular complexity index is 851. The highest BCUT2D eigenvalue weighted by Gasteiger charge is 2.31. The quantitative estimate of drug-likeness (QED) is 0.635. The average molecular weight is 326 g/mol. The van der Waals surface area contributed by atoms with E-state index >= 15 is 0 Å². The maximum absolute atomic E-state index is 6.21. The van der Waals surface area contributed by atoms with Crippen LogP contribution in [0.3, 0.4) is 0 Å². The first-order valence-electron chi connectivity index (χ1n) is 7.97. The number of ether oxygens (including phenoxy) is 1. The van der Waals surface area contributed by atoms with E-state index in [4.69, 9.17) is 16.3 Å². The van der Waals surface area contributed by atoms with Crippen molar-refractivity contribution in [3.8, 4) is 16.9 Å². The zero-order valence-electron chi connectivity index (χ0n) is 13.8. The summed E-state index contributed by atoms with van der Waals surface area (Å²) in [6.07, 6.45) is 2.30. The SMILES string of the molecule is CC1=CC(C)(C)Nc2ccc3c(c21)C(C)Oc1ccc(Cl)cc1-3. The van der Waals surface area contributed by atoms with Crippen molar-refractivity contribution in [2.45, 2.75) is 39.3 Å². The van der Waals surface area contributed by atoms with Crippen molar-refractivity contribution < 1.29 is 4.74 Å². The van der Waals surface area contributed by atoms with Crippen molar-refractivity contribution in [1.29, 1.82) is 0 Å². The van der Waals surface area contributed by atoms with Crippen LogP contribution in [0.2, 0.25) is 5.02 Å². The summed E-state index contributed by atoms with van der Waals surface area (Å²) in [4.78, 5) is 0. The zero-order valence-corrected chi connectivity index (χ0v) is 14.6. The molecule has 118 valence electrons. The van der Waals surface area contributed by atoms with Gasteiger partial charge < -0.3 is 10.1 Å². The number of fused-ring (bicyclic) bond motifs is 5. The lowest BCUT2D eigenvalue weighted by Crippen LogP contribution is -2.32. The molecule has 0 saturated carbocycles. The highest BCUT2D eigenvalue weighted by Crippen LogP contribution is 2.49. The van der Waals surface area contributed by atoms with E-state index < -0.39 is 0 Å². The molecule has 1 atom stereocenters. The lowest BCUT2D eigenvalue weighted by molar-refractivity contribution is 0.223. The van der Waals surface area contributed by atoms with Crippen LogP contribution in [0.5, 0.6) is 5.75 Å². The van der Waals surface area contributed by atoms with E-state index in [0.29, 0.717) is 0 Å². The molecule has 0 aromatic heterocycles. The van der Waals surface area contributed by atoms with Gasteiger partial charge in [-0.3, -0.25) is 0 Å². The van der Waals surface area contributed by atoms with E-state index in [-0.39, 0.29) is 11.6 Å². The molecule has 1 unspecified atom stereocenters. The second kappa shape index (κ2) is 4.78. The Morgan fingerprint density at radius 3 is 2.70 bits per heavy atom. The summed E-state index contributed by atoms with van der Waals surface area (Å²) < 4.78 is 6.17. The minimum absolute atomic E-state index is 0.0139. The van der Waals surface area contributed by atoms with Crippen molar-refractivity contribution in [3.63, 3.8) is 0 Å². The number of rotatable bonds is 0. The molecule has 23 heavy (non-hydrogen) atoms. The summed E-state index contributed by atoms with van der Waals surface area (Å²) >= 11 is 6.21. The molecular formula is C20H20ClNO. The number of nitrogens with one attached hydrogen (secondary N) is 1. The van der Waals surface area contributed by atoms with Gasteiger partial charge in [-0.1, -0.05) is 23.7 Å². The molecule has 0 bridgehead atoms. The number of anilines is 1. The maximum atomic E-state index is 6.21. The van der Waals surface area contributed by atoms with Crippen LogP contribution in [0.4, 0.5) is 5.69 Å². The van der Waals surface area contributed by atoms with E-state index in [1.165, 1.54) is 28.0 Å². The van der Waals surface area contributed by atoms with Gasteiger partial charge in [0, 0.05) is 27.4 Å². The Labute approximate surface area is 142 Å². The minimum atomic E-state index is -0.0364. The Morgan fingerprint density at radius 2 is 1.91 bits per heavy atom. The van der Waals surface area contributed by atoms with E-state index in [1.54, 1.807) is 0 Å². The summed E-state index contributed by atoms with van der Waals surface area (Å²) in [6, 6.07) is 10.2.